The van der Waals surface area contributed by atoms with E-state index in [1.807, 2.05) is 48.5 Å². The summed E-state index contributed by atoms with van der Waals surface area (Å²) in [7, 11) is -3.12. The number of imide groups is 1. The van der Waals surface area contributed by atoms with Crippen LogP contribution in [0, 0.1) is 0 Å². The van der Waals surface area contributed by atoms with Gasteiger partial charge in [0, 0.05) is 13.1 Å². The van der Waals surface area contributed by atoms with Crippen LogP contribution in [0.3, 0.4) is 0 Å². The number of rotatable bonds is 4. The van der Waals surface area contributed by atoms with Crippen LogP contribution in [0.2, 0.25) is 0 Å². The maximum absolute atomic E-state index is 12.0. The van der Waals surface area contributed by atoms with Gasteiger partial charge in [0.15, 0.2) is 0 Å². The van der Waals surface area contributed by atoms with E-state index >= 15 is 0 Å². The predicted molar refractivity (Wildman–Crippen MR) is 105 cm³/mol. The summed E-state index contributed by atoms with van der Waals surface area (Å²) < 4.78 is 25.6. The van der Waals surface area contributed by atoms with Crippen molar-refractivity contribution in [1.29, 1.82) is 0 Å². The Morgan fingerprint density at radius 2 is 1.82 bits per heavy atom. The molecule has 2 fully saturated rings. The first-order valence-electron chi connectivity index (χ1n) is 9.18. The Balaban J connectivity index is 1.51. The van der Waals surface area contributed by atoms with Crippen LogP contribution in [-0.4, -0.2) is 37.0 Å². The number of amides is 3. The number of nitrogens with one attached hydrogen (secondary N) is 2. The molecule has 1 atom stereocenters. The van der Waals surface area contributed by atoms with Gasteiger partial charge in [-0.1, -0.05) is 42.5 Å². The number of carbonyl (C=O) groups excluding carboxylic acids is 2. The monoisotopic (exact) mass is 399 g/mol. The second kappa shape index (κ2) is 7.37. The third-order valence-corrected chi connectivity index (χ3v) is 6.99. The number of urea groups is 1. The van der Waals surface area contributed by atoms with E-state index in [1.165, 1.54) is 4.31 Å². The molecule has 0 radical (unpaired) electrons. The van der Waals surface area contributed by atoms with Gasteiger partial charge in [0.2, 0.25) is 15.9 Å². The molecule has 1 unspecified atom stereocenters. The van der Waals surface area contributed by atoms with Crippen molar-refractivity contribution < 1.29 is 18.0 Å². The highest BCUT2D eigenvalue weighted by atomic mass is 32.2. The van der Waals surface area contributed by atoms with Gasteiger partial charge in [0.05, 0.1) is 18.2 Å². The molecule has 7 nitrogen and oxygen atoms in total. The molecule has 0 aromatic heterocycles. The summed E-state index contributed by atoms with van der Waals surface area (Å²) >= 11 is 0. The van der Waals surface area contributed by atoms with Gasteiger partial charge >= 0.3 is 6.03 Å². The minimum Gasteiger partial charge on any atom is -0.330 e. The normalized spacial score (nSPS) is 21.9. The van der Waals surface area contributed by atoms with Gasteiger partial charge < -0.3 is 5.32 Å². The fraction of sp³-hybridized carbons (Fsp3) is 0.300. The average molecular weight is 399 g/mol. The largest absolute Gasteiger partial charge is 0.330 e. The smallest absolute Gasteiger partial charge is 0.321 e. The van der Waals surface area contributed by atoms with E-state index < -0.39 is 16.1 Å². The Hall–Kier alpha value is -2.71. The molecular weight excluding hydrogens is 378 g/mol. The third kappa shape index (κ3) is 3.93. The number of hydrogen-bond acceptors (Lipinski definition) is 4. The van der Waals surface area contributed by atoms with Gasteiger partial charge in [0.1, 0.15) is 0 Å². The molecule has 146 valence electrons. The van der Waals surface area contributed by atoms with Crippen molar-refractivity contribution in [2.24, 2.45) is 0 Å². The third-order valence-electron chi connectivity index (χ3n) is 5.08. The standard InChI is InChI=1S/C20H21N3O4S/c24-19-12-18(21-20(25)22-19)16-7-5-15(6-8-16)17-4-1-3-14(11-17)13-23-9-2-10-28(23,26)27/h1,3-8,11,18H,2,9-10,12-13H2,(H2,21,22,24,25). The predicted octanol–water partition coefficient (Wildman–Crippen LogP) is 2.16. The molecule has 2 aliphatic heterocycles. The van der Waals surface area contributed by atoms with Crippen LogP contribution in [0.1, 0.15) is 30.0 Å². The van der Waals surface area contributed by atoms with Gasteiger partial charge in [-0.15, -0.1) is 0 Å². The van der Waals surface area contributed by atoms with E-state index in [0.717, 1.165) is 22.3 Å². The van der Waals surface area contributed by atoms with Crippen LogP contribution in [-0.2, 0) is 21.4 Å². The van der Waals surface area contributed by atoms with E-state index in [2.05, 4.69) is 10.6 Å². The molecular formula is C20H21N3O4S. The van der Waals surface area contributed by atoms with Gasteiger partial charge in [0.25, 0.3) is 0 Å². The van der Waals surface area contributed by atoms with E-state index in [4.69, 9.17) is 0 Å². The zero-order chi connectivity index (χ0) is 19.7. The van der Waals surface area contributed by atoms with Crippen LogP contribution in [0.5, 0.6) is 0 Å². The maximum atomic E-state index is 12.0. The summed E-state index contributed by atoms with van der Waals surface area (Å²) in [4.78, 5) is 23.0. The number of nitrogens with zero attached hydrogens (tertiary/aromatic N) is 1. The van der Waals surface area contributed by atoms with Crippen LogP contribution >= 0.6 is 0 Å². The first-order valence-corrected chi connectivity index (χ1v) is 10.8. The number of benzene rings is 2. The molecule has 28 heavy (non-hydrogen) atoms. The fourth-order valence-corrected chi connectivity index (χ4v) is 5.14. The van der Waals surface area contributed by atoms with Gasteiger partial charge in [-0.05, 0) is 34.7 Å². The minimum absolute atomic E-state index is 0.213. The highest BCUT2D eigenvalue weighted by Gasteiger charge is 2.28. The summed E-state index contributed by atoms with van der Waals surface area (Å²) in [5.74, 6) is -0.0634. The van der Waals surface area contributed by atoms with Crippen molar-refractivity contribution >= 4 is 22.0 Å². The Kier molecular flexibility index (Phi) is 4.91. The molecule has 2 aromatic carbocycles. The molecule has 2 aromatic rings. The summed E-state index contributed by atoms with van der Waals surface area (Å²) in [5, 5.41) is 4.97. The Labute approximate surface area is 163 Å². The fourth-order valence-electron chi connectivity index (χ4n) is 3.64. The highest BCUT2D eigenvalue weighted by molar-refractivity contribution is 7.89. The molecule has 4 rings (SSSR count). The zero-order valence-corrected chi connectivity index (χ0v) is 16.0. The van der Waals surface area contributed by atoms with Crippen molar-refractivity contribution in [3.8, 4) is 11.1 Å². The topological polar surface area (TPSA) is 95.6 Å². The molecule has 0 bridgehead atoms. The second-order valence-electron chi connectivity index (χ2n) is 7.10. The lowest BCUT2D eigenvalue weighted by molar-refractivity contribution is -0.121. The van der Waals surface area contributed by atoms with Gasteiger partial charge in [-0.3, -0.25) is 10.1 Å². The maximum Gasteiger partial charge on any atom is 0.321 e. The van der Waals surface area contributed by atoms with E-state index in [9.17, 15) is 18.0 Å². The van der Waals surface area contributed by atoms with E-state index in [1.54, 1.807) is 0 Å². The molecule has 3 amide bonds. The lowest BCUT2D eigenvalue weighted by Crippen LogP contribution is -2.48. The molecule has 0 aliphatic carbocycles. The van der Waals surface area contributed by atoms with Crippen LogP contribution in [0.4, 0.5) is 4.79 Å². The van der Waals surface area contributed by atoms with Crippen molar-refractivity contribution in [1.82, 2.24) is 14.9 Å². The average Bonchev–Trinajstić information content (AvgIpc) is 2.99. The van der Waals surface area contributed by atoms with Crippen molar-refractivity contribution in [3.63, 3.8) is 0 Å². The molecule has 8 heteroatoms. The first kappa shape index (κ1) is 18.6. The molecule has 2 heterocycles. The molecule has 0 saturated carbocycles. The first-order chi connectivity index (χ1) is 13.4. The number of sulfonamides is 1. The Bertz CT molecular complexity index is 1000. The van der Waals surface area contributed by atoms with Crippen molar-refractivity contribution in [3.05, 3.63) is 59.7 Å². The van der Waals surface area contributed by atoms with E-state index in [0.29, 0.717) is 19.5 Å². The Morgan fingerprint density at radius 1 is 1.04 bits per heavy atom. The second-order valence-corrected chi connectivity index (χ2v) is 9.19. The van der Waals surface area contributed by atoms with Gasteiger partial charge in [-0.2, -0.15) is 4.31 Å². The summed E-state index contributed by atoms with van der Waals surface area (Å²) in [6.45, 7) is 0.958. The molecule has 0 spiro atoms. The summed E-state index contributed by atoms with van der Waals surface area (Å²) in [5.41, 5.74) is 3.79. The summed E-state index contributed by atoms with van der Waals surface area (Å²) in [6, 6.07) is 14.7. The number of carbonyl (C=O) groups is 2. The van der Waals surface area contributed by atoms with Crippen molar-refractivity contribution in [2.75, 3.05) is 12.3 Å². The number of hydrogen-bond donors (Lipinski definition) is 2. The van der Waals surface area contributed by atoms with E-state index in [-0.39, 0.29) is 24.1 Å². The van der Waals surface area contributed by atoms with Crippen LogP contribution < -0.4 is 10.6 Å². The lowest BCUT2D eigenvalue weighted by Gasteiger charge is -2.23. The lowest BCUT2D eigenvalue weighted by atomic mass is 9.97. The molecule has 2 N–H and O–H groups in total. The van der Waals surface area contributed by atoms with Crippen molar-refractivity contribution in [2.45, 2.75) is 25.4 Å². The van der Waals surface area contributed by atoms with Crippen LogP contribution in [0.25, 0.3) is 11.1 Å². The summed E-state index contributed by atoms with van der Waals surface area (Å²) in [6.07, 6.45) is 0.893. The molecule has 2 saturated heterocycles. The zero-order valence-electron chi connectivity index (χ0n) is 15.2. The van der Waals surface area contributed by atoms with Gasteiger partial charge in [-0.25, -0.2) is 13.2 Å². The quantitative estimate of drug-likeness (QED) is 0.824. The highest BCUT2D eigenvalue weighted by Crippen LogP contribution is 2.26. The van der Waals surface area contributed by atoms with Crippen LogP contribution in [0.15, 0.2) is 48.5 Å². The SMILES string of the molecule is O=C1CC(c2ccc(-c3cccc(CN4CCCS4(=O)=O)c3)cc2)NC(=O)N1. The molecule has 2 aliphatic rings. The minimum atomic E-state index is -3.12. The Morgan fingerprint density at radius 3 is 2.50 bits per heavy atom.